The van der Waals surface area contributed by atoms with Crippen molar-refractivity contribution in [2.24, 2.45) is 5.92 Å². The lowest BCUT2D eigenvalue weighted by molar-refractivity contribution is -0.125. The van der Waals surface area contributed by atoms with E-state index in [1.807, 2.05) is 0 Å². The Morgan fingerprint density at radius 2 is 2.04 bits per heavy atom. The number of phenolic OH excluding ortho intramolecular Hbond substituents is 1. The Kier molecular flexibility index (Phi) is 5.84. The van der Waals surface area contributed by atoms with Crippen molar-refractivity contribution in [3.05, 3.63) is 23.8 Å². The zero-order chi connectivity index (χ0) is 16.8. The molecule has 0 aromatic heterocycles. The van der Waals surface area contributed by atoms with Gasteiger partial charge in [0.1, 0.15) is 17.1 Å². The van der Waals surface area contributed by atoms with Crippen molar-refractivity contribution in [3.63, 3.8) is 0 Å². The van der Waals surface area contributed by atoms with Gasteiger partial charge >= 0.3 is 5.97 Å². The van der Waals surface area contributed by atoms with E-state index >= 15 is 0 Å². The van der Waals surface area contributed by atoms with Gasteiger partial charge in [-0.3, -0.25) is 4.79 Å². The monoisotopic (exact) mass is 321 g/mol. The van der Waals surface area contributed by atoms with E-state index in [1.165, 1.54) is 31.7 Å². The van der Waals surface area contributed by atoms with Crippen molar-refractivity contribution in [3.8, 4) is 11.5 Å². The zero-order valence-electron chi connectivity index (χ0n) is 13.5. The Labute approximate surface area is 135 Å². The van der Waals surface area contributed by atoms with Gasteiger partial charge in [0, 0.05) is 6.04 Å². The van der Waals surface area contributed by atoms with Crippen LogP contribution in [0.2, 0.25) is 0 Å². The Bertz CT molecular complexity index is 572. The molecule has 6 nitrogen and oxygen atoms in total. The van der Waals surface area contributed by atoms with Crippen LogP contribution in [0.15, 0.2) is 18.2 Å². The van der Waals surface area contributed by atoms with Crippen LogP contribution in [0.3, 0.4) is 0 Å². The maximum Gasteiger partial charge on any atom is 0.342 e. The number of carbonyl (C=O) groups excluding carboxylic acids is 2. The van der Waals surface area contributed by atoms with Gasteiger partial charge in [0.15, 0.2) is 6.61 Å². The normalized spacial score (nSPS) is 20.6. The van der Waals surface area contributed by atoms with Crippen molar-refractivity contribution in [1.82, 2.24) is 5.32 Å². The van der Waals surface area contributed by atoms with E-state index in [0.29, 0.717) is 11.7 Å². The molecule has 1 aliphatic carbocycles. The summed E-state index contributed by atoms with van der Waals surface area (Å²) in [6.07, 6.45) is 4.35. The molecule has 2 atom stereocenters. The number of nitrogens with one attached hydrogen (secondary N) is 1. The van der Waals surface area contributed by atoms with E-state index in [-0.39, 0.29) is 29.9 Å². The molecule has 0 heterocycles. The Hall–Kier alpha value is -2.24. The lowest BCUT2D eigenvalue weighted by Gasteiger charge is -2.29. The molecule has 6 heteroatoms. The maximum absolute atomic E-state index is 12.0. The number of hydrogen-bond acceptors (Lipinski definition) is 5. The number of methoxy groups -OCH3 is 1. The third-order valence-corrected chi connectivity index (χ3v) is 4.22. The molecule has 0 radical (unpaired) electrons. The lowest BCUT2D eigenvalue weighted by Crippen LogP contribution is -2.42. The summed E-state index contributed by atoms with van der Waals surface area (Å²) < 4.78 is 9.98. The second-order valence-corrected chi connectivity index (χ2v) is 5.89. The van der Waals surface area contributed by atoms with Crippen LogP contribution in [-0.2, 0) is 9.53 Å². The first-order valence-electron chi connectivity index (χ1n) is 7.84. The number of rotatable bonds is 5. The first-order chi connectivity index (χ1) is 11.0. The summed E-state index contributed by atoms with van der Waals surface area (Å²) in [6.45, 7) is 1.75. The molecule has 1 saturated carbocycles. The molecule has 0 bridgehead atoms. The van der Waals surface area contributed by atoms with Gasteiger partial charge in [-0.15, -0.1) is 0 Å². The summed E-state index contributed by atoms with van der Waals surface area (Å²) in [5.41, 5.74) is -0.0248. The van der Waals surface area contributed by atoms with E-state index in [2.05, 4.69) is 12.2 Å². The molecule has 0 aliphatic heterocycles. The smallest absolute Gasteiger partial charge is 0.342 e. The van der Waals surface area contributed by atoms with E-state index in [4.69, 9.17) is 9.47 Å². The van der Waals surface area contributed by atoms with Crippen molar-refractivity contribution in [1.29, 1.82) is 0 Å². The molecule has 23 heavy (non-hydrogen) atoms. The fourth-order valence-corrected chi connectivity index (χ4v) is 2.79. The van der Waals surface area contributed by atoms with Crippen LogP contribution in [-0.4, -0.2) is 36.7 Å². The fraction of sp³-hybridized carbons (Fsp3) is 0.529. The Morgan fingerprint density at radius 3 is 2.74 bits per heavy atom. The number of amides is 1. The third-order valence-electron chi connectivity index (χ3n) is 4.22. The number of phenols is 1. The highest BCUT2D eigenvalue weighted by Crippen LogP contribution is 2.24. The first kappa shape index (κ1) is 17.1. The van der Waals surface area contributed by atoms with Gasteiger partial charge in [0.05, 0.1) is 7.11 Å². The van der Waals surface area contributed by atoms with Crippen LogP contribution < -0.4 is 10.1 Å². The molecule has 126 valence electrons. The zero-order valence-corrected chi connectivity index (χ0v) is 13.5. The highest BCUT2D eigenvalue weighted by molar-refractivity contribution is 5.94. The minimum absolute atomic E-state index is 0.0248. The van der Waals surface area contributed by atoms with E-state index in [1.54, 1.807) is 0 Å². The molecule has 0 saturated heterocycles. The molecule has 1 fully saturated rings. The molecule has 1 aromatic carbocycles. The van der Waals surface area contributed by atoms with Crippen molar-refractivity contribution in [2.45, 2.75) is 38.6 Å². The van der Waals surface area contributed by atoms with E-state index in [9.17, 15) is 14.7 Å². The largest absolute Gasteiger partial charge is 0.507 e. The quantitative estimate of drug-likeness (QED) is 0.813. The highest BCUT2D eigenvalue weighted by Gasteiger charge is 2.23. The topological polar surface area (TPSA) is 84.9 Å². The van der Waals surface area contributed by atoms with Crippen molar-refractivity contribution >= 4 is 11.9 Å². The first-order valence-corrected chi connectivity index (χ1v) is 7.84. The fourth-order valence-electron chi connectivity index (χ4n) is 2.79. The lowest BCUT2D eigenvalue weighted by atomic mass is 9.86. The van der Waals surface area contributed by atoms with Gasteiger partial charge in [0.2, 0.25) is 0 Å². The predicted molar refractivity (Wildman–Crippen MR) is 84.5 cm³/mol. The Balaban J connectivity index is 1.87. The summed E-state index contributed by atoms with van der Waals surface area (Å²) in [5.74, 6) is -0.425. The van der Waals surface area contributed by atoms with Gasteiger partial charge < -0.3 is 19.9 Å². The van der Waals surface area contributed by atoms with Crippen LogP contribution >= 0.6 is 0 Å². The van der Waals surface area contributed by atoms with Crippen molar-refractivity contribution < 1.29 is 24.2 Å². The minimum atomic E-state index is -0.756. The summed E-state index contributed by atoms with van der Waals surface area (Å²) in [5, 5.41) is 12.6. The van der Waals surface area contributed by atoms with Crippen LogP contribution in [0, 0.1) is 5.92 Å². The van der Waals surface area contributed by atoms with Crippen LogP contribution in [0.1, 0.15) is 43.0 Å². The highest BCUT2D eigenvalue weighted by atomic mass is 16.5. The summed E-state index contributed by atoms with van der Waals surface area (Å²) >= 11 is 0. The number of esters is 1. The molecule has 0 unspecified atom stereocenters. The van der Waals surface area contributed by atoms with Crippen LogP contribution in [0.5, 0.6) is 11.5 Å². The number of hydrogen-bond donors (Lipinski definition) is 2. The molecular formula is C17H23NO5. The van der Waals surface area contributed by atoms with Crippen LogP contribution in [0.4, 0.5) is 0 Å². The SMILES string of the molecule is COc1ccc(O)c(C(=O)OCC(=O)N[C@@H]2CCCC[C@@H]2C)c1. The summed E-state index contributed by atoms with van der Waals surface area (Å²) in [7, 11) is 1.46. The molecule has 1 aliphatic rings. The molecule has 1 aromatic rings. The summed E-state index contributed by atoms with van der Waals surface area (Å²) in [4.78, 5) is 23.9. The number of aromatic hydroxyl groups is 1. The van der Waals surface area contributed by atoms with E-state index in [0.717, 1.165) is 19.3 Å². The van der Waals surface area contributed by atoms with E-state index < -0.39 is 5.97 Å². The average molecular weight is 321 g/mol. The van der Waals surface area contributed by atoms with Crippen LogP contribution in [0.25, 0.3) is 0 Å². The standard InChI is InChI=1S/C17H23NO5/c1-11-5-3-4-6-14(11)18-16(20)10-23-17(21)13-9-12(22-2)7-8-15(13)19/h7-9,11,14,19H,3-6,10H2,1-2H3,(H,18,20)/t11-,14+/m0/s1. The number of benzene rings is 1. The van der Waals surface area contributed by atoms with Gasteiger partial charge in [-0.25, -0.2) is 4.79 Å². The molecule has 1 amide bonds. The number of ether oxygens (including phenoxy) is 2. The second kappa shape index (κ2) is 7.85. The maximum atomic E-state index is 12.0. The third kappa shape index (κ3) is 4.61. The Morgan fingerprint density at radius 1 is 1.30 bits per heavy atom. The molecular weight excluding hydrogens is 298 g/mol. The number of carbonyl (C=O) groups is 2. The second-order valence-electron chi connectivity index (χ2n) is 5.89. The average Bonchev–Trinajstić information content (AvgIpc) is 2.55. The minimum Gasteiger partial charge on any atom is -0.507 e. The predicted octanol–water partition coefficient (Wildman–Crippen LogP) is 2.25. The summed E-state index contributed by atoms with van der Waals surface area (Å²) in [6, 6.07) is 4.39. The van der Waals surface area contributed by atoms with Gasteiger partial charge in [-0.05, 0) is 37.0 Å². The van der Waals surface area contributed by atoms with Gasteiger partial charge in [-0.2, -0.15) is 0 Å². The van der Waals surface area contributed by atoms with Gasteiger partial charge in [0.25, 0.3) is 5.91 Å². The molecule has 0 spiro atoms. The van der Waals surface area contributed by atoms with Crippen molar-refractivity contribution in [2.75, 3.05) is 13.7 Å². The molecule has 2 rings (SSSR count). The molecule has 2 N–H and O–H groups in total. The van der Waals surface area contributed by atoms with Gasteiger partial charge in [-0.1, -0.05) is 19.8 Å².